The van der Waals surface area contributed by atoms with Crippen LogP contribution in [-0.4, -0.2) is 74.4 Å². The minimum Gasteiger partial charge on any atom is -0.492 e. The average Bonchev–Trinajstić information content (AvgIpc) is 3.67. The molecule has 4 rings (SSSR count). The molecule has 2 unspecified atom stereocenters. The van der Waals surface area contributed by atoms with E-state index in [1.165, 1.54) is 7.11 Å². The van der Waals surface area contributed by atoms with Crippen LogP contribution in [0.3, 0.4) is 0 Å². The number of nitrogens with zero attached hydrogens (tertiary/aromatic N) is 1. The molecule has 3 N–H and O–H groups in total. The van der Waals surface area contributed by atoms with Crippen molar-refractivity contribution in [3.63, 3.8) is 0 Å². The molecule has 0 bridgehead atoms. The molecule has 2 aliphatic rings. The number of methoxy groups -OCH3 is 1. The standard InChI is InChI=1S/C24H33N3O5/c1-16(27(19-7-8-19)23(28)22-15-25-9-11-32-22)18-13-17-5-3-4-6-20(17)21(14-18)31-12-10-26-24(29)30-2/h3-6,13-14,16,19,22,24-26,29H,7-12,15H2,1-2H3/t16?,22-,24?/m1/s1. The summed E-state index contributed by atoms with van der Waals surface area (Å²) in [5.74, 6) is 0.818. The number of hydrogen-bond donors (Lipinski definition) is 3. The van der Waals surface area contributed by atoms with E-state index in [4.69, 9.17) is 14.2 Å². The molecule has 8 nitrogen and oxygen atoms in total. The quantitative estimate of drug-likeness (QED) is 0.381. The first-order valence-electron chi connectivity index (χ1n) is 11.3. The number of benzene rings is 2. The van der Waals surface area contributed by atoms with Gasteiger partial charge in [-0.3, -0.25) is 10.1 Å². The fourth-order valence-corrected chi connectivity index (χ4v) is 4.18. The van der Waals surface area contributed by atoms with Crippen LogP contribution in [0.15, 0.2) is 36.4 Å². The second kappa shape index (κ2) is 10.6. The Hall–Kier alpha value is -2.23. The second-order valence-electron chi connectivity index (χ2n) is 8.35. The molecule has 1 aliphatic heterocycles. The zero-order chi connectivity index (χ0) is 22.5. The third kappa shape index (κ3) is 5.39. The molecule has 1 saturated heterocycles. The molecule has 0 radical (unpaired) electrons. The monoisotopic (exact) mass is 443 g/mol. The van der Waals surface area contributed by atoms with Gasteiger partial charge in [0.2, 0.25) is 6.41 Å². The summed E-state index contributed by atoms with van der Waals surface area (Å²) in [6.07, 6.45) is 0.610. The Kier molecular flexibility index (Phi) is 7.59. The molecule has 1 aliphatic carbocycles. The van der Waals surface area contributed by atoms with Crippen molar-refractivity contribution in [2.45, 2.75) is 44.4 Å². The number of nitrogens with one attached hydrogen (secondary N) is 2. The summed E-state index contributed by atoms with van der Waals surface area (Å²) >= 11 is 0. The van der Waals surface area contributed by atoms with Gasteiger partial charge in [0.05, 0.1) is 12.6 Å². The average molecular weight is 444 g/mol. The summed E-state index contributed by atoms with van der Waals surface area (Å²) in [5, 5.41) is 17.6. The van der Waals surface area contributed by atoms with Gasteiger partial charge >= 0.3 is 0 Å². The molecule has 3 atom stereocenters. The molecule has 32 heavy (non-hydrogen) atoms. The molecule has 1 amide bonds. The minimum absolute atomic E-state index is 0.0561. The highest BCUT2D eigenvalue weighted by Gasteiger charge is 2.40. The van der Waals surface area contributed by atoms with Crippen molar-refractivity contribution in [2.24, 2.45) is 0 Å². The van der Waals surface area contributed by atoms with E-state index in [1.807, 2.05) is 29.2 Å². The molecule has 8 heteroatoms. The third-order valence-corrected chi connectivity index (χ3v) is 6.05. The van der Waals surface area contributed by atoms with E-state index in [-0.39, 0.29) is 18.0 Å². The van der Waals surface area contributed by atoms with Gasteiger partial charge < -0.3 is 29.5 Å². The normalized spacial score (nSPS) is 20.7. The number of hydrogen-bond acceptors (Lipinski definition) is 7. The van der Waals surface area contributed by atoms with Gasteiger partial charge in [-0.05, 0) is 42.8 Å². The van der Waals surface area contributed by atoms with Crippen LogP contribution in [0, 0.1) is 0 Å². The van der Waals surface area contributed by atoms with E-state index < -0.39 is 12.5 Å². The lowest BCUT2D eigenvalue weighted by Gasteiger charge is -2.34. The first kappa shape index (κ1) is 22.9. The maximum atomic E-state index is 13.3. The van der Waals surface area contributed by atoms with Crippen LogP contribution in [0.25, 0.3) is 10.8 Å². The van der Waals surface area contributed by atoms with Gasteiger partial charge in [-0.2, -0.15) is 0 Å². The van der Waals surface area contributed by atoms with E-state index >= 15 is 0 Å². The lowest BCUT2D eigenvalue weighted by atomic mass is 10.00. The Labute approximate surface area is 188 Å². The topological polar surface area (TPSA) is 92.3 Å². The van der Waals surface area contributed by atoms with Gasteiger partial charge in [0.15, 0.2) is 0 Å². The summed E-state index contributed by atoms with van der Waals surface area (Å²) < 4.78 is 16.6. The molecule has 174 valence electrons. The summed E-state index contributed by atoms with van der Waals surface area (Å²) in [4.78, 5) is 15.3. The predicted molar refractivity (Wildman–Crippen MR) is 121 cm³/mol. The van der Waals surface area contributed by atoms with Crippen LogP contribution in [-0.2, 0) is 14.3 Å². The second-order valence-corrected chi connectivity index (χ2v) is 8.35. The Morgan fingerprint density at radius 3 is 2.88 bits per heavy atom. The largest absolute Gasteiger partial charge is 0.492 e. The first-order chi connectivity index (χ1) is 15.6. The SMILES string of the molecule is COC(O)NCCOc1cc(C(C)N(C(=O)[C@H]2CNCCO2)C2CC2)cc2ccccc12. The number of fused-ring (bicyclic) bond motifs is 1. The number of ether oxygens (including phenoxy) is 3. The van der Waals surface area contributed by atoms with Crippen molar-refractivity contribution in [3.05, 3.63) is 42.0 Å². The Morgan fingerprint density at radius 1 is 1.34 bits per heavy atom. The van der Waals surface area contributed by atoms with Crippen molar-refractivity contribution in [1.82, 2.24) is 15.5 Å². The molecule has 1 heterocycles. The van der Waals surface area contributed by atoms with Gasteiger partial charge in [0, 0.05) is 38.2 Å². The molecule has 2 aromatic carbocycles. The van der Waals surface area contributed by atoms with Crippen LogP contribution in [0.5, 0.6) is 5.75 Å². The fourth-order valence-electron chi connectivity index (χ4n) is 4.18. The van der Waals surface area contributed by atoms with Gasteiger partial charge in [-0.1, -0.05) is 24.3 Å². The molecular formula is C24H33N3O5. The first-order valence-corrected chi connectivity index (χ1v) is 11.3. The summed E-state index contributed by atoms with van der Waals surface area (Å²) in [5.41, 5.74) is 1.03. The van der Waals surface area contributed by atoms with Crippen molar-refractivity contribution in [1.29, 1.82) is 0 Å². The smallest absolute Gasteiger partial charge is 0.253 e. The lowest BCUT2D eigenvalue weighted by molar-refractivity contribution is -0.148. The maximum Gasteiger partial charge on any atom is 0.253 e. The number of aliphatic hydroxyl groups excluding tert-OH is 1. The fraction of sp³-hybridized carbons (Fsp3) is 0.542. The summed E-state index contributed by atoms with van der Waals surface area (Å²) in [6.45, 7) is 4.78. The van der Waals surface area contributed by atoms with Gasteiger partial charge in [0.1, 0.15) is 18.5 Å². The zero-order valence-electron chi connectivity index (χ0n) is 18.8. The van der Waals surface area contributed by atoms with Crippen molar-refractivity contribution in [2.75, 3.05) is 40.0 Å². The third-order valence-electron chi connectivity index (χ3n) is 6.05. The van der Waals surface area contributed by atoms with E-state index in [1.54, 1.807) is 0 Å². The summed E-state index contributed by atoms with van der Waals surface area (Å²) in [6, 6.07) is 12.4. The Balaban J connectivity index is 1.55. The van der Waals surface area contributed by atoms with Crippen LogP contribution in [0.2, 0.25) is 0 Å². The number of amides is 1. The number of rotatable bonds is 10. The van der Waals surface area contributed by atoms with Gasteiger partial charge in [0.25, 0.3) is 5.91 Å². The zero-order valence-corrected chi connectivity index (χ0v) is 18.8. The molecule has 1 saturated carbocycles. The lowest BCUT2D eigenvalue weighted by Crippen LogP contribution is -2.50. The van der Waals surface area contributed by atoms with Crippen LogP contribution in [0.4, 0.5) is 0 Å². The number of carbonyl (C=O) groups excluding carboxylic acids is 1. The van der Waals surface area contributed by atoms with E-state index in [0.29, 0.717) is 26.3 Å². The van der Waals surface area contributed by atoms with Crippen molar-refractivity contribution >= 4 is 16.7 Å². The van der Waals surface area contributed by atoms with Crippen LogP contribution >= 0.6 is 0 Å². The van der Waals surface area contributed by atoms with Crippen molar-refractivity contribution < 1.29 is 24.1 Å². The minimum atomic E-state index is -1.02. The van der Waals surface area contributed by atoms with Crippen molar-refractivity contribution in [3.8, 4) is 5.75 Å². The van der Waals surface area contributed by atoms with Crippen LogP contribution < -0.4 is 15.4 Å². The number of carbonyl (C=O) groups is 1. The predicted octanol–water partition coefficient (Wildman–Crippen LogP) is 1.77. The molecule has 2 aromatic rings. The van der Waals surface area contributed by atoms with E-state index in [2.05, 4.69) is 29.7 Å². The Morgan fingerprint density at radius 2 is 2.16 bits per heavy atom. The highest BCUT2D eigenvalue weighted by molar-refractivity contribution is 5.89. The van der Waals surface area contributed by atoms with Gasteiger partial charge in [-0.15, -0.1) is 0 Å². The summed E-state index contributed by atoms with van der Waals surface area (Å²) in [7, 11) is 1.43. The Bertz CT molecular complexity index is 914. The number of morpholine rings is 1. The van der Waals surface area contributed by atoms with E-state index in [9.17, 15) is 9.90 Å². The molecule has 2 fully saturated rings. The highest BCUT2D eigenvalue weighted by atomic mass is 16.6. The molecule has 0 spiro atoms. The van der Waals surface area contributed by atoms with Gasteiger partial charge in [-0.25, -0.2) is 0 Å². The number of aliphatic hydroxyl groups is 1. The maximum absolute atomic E-state index is 13.3. The van der Waals surface area contributed by atoms with E-state index in [0.717, 1.165) is 41.5 Å². The highest BCUT2D eigenvalue weighted by Crippen LogP contribution is 2.38. The molecular weight excluding hydrogens is 410 g/mol. The van der Waals surface area contributed by atoms with Crippen LogP contribution in [0.1, 0.15) is 31.4 Å². The molecule has 0 aromatic heterocycles.